The molecule has 2 aliphatic rings. The Morgan fingerprint density at radius 2 is 1.84 bits per heavy atom. The summed E-state index contributed by atoms with van der Waals surface area (Å²) >= 11 is 0. The van der Waals surface area contributed by atoms with E-state index in [0.717, 1.165) is 41.9 Å². The van der Waals surface area contributed by atoms with E-state index in [2.05, 4.69) is 10.3 Å². The van der Waals surface area contributed by atoms with Gasteiger partial charge in [0.05, 0.1) is 17.5 Å². The molecule has 3 aromatic rings. The number of pyridine rings is 1. The van der Waals surface area contributed by atoms with Crippen molar-refractivity contribution in [1.29, 1.82) is 0 Å². The quantitative estimate of drug-likeness (QED) is 0.605. The Kier molecular flexibility index (Phi) is 5.34. The number of anilines is 1. The summed E-state index contributed by atoms with van der Waals surface area (Å²) in [5.74, 6) is -0.735. The molecule has 5 rings (SSSR count). The minimum atomic E-state index is -0.400. The predicted molar refractivity (Wildman–Crippen MR) is 117 cm³/mol. The lowest BCUT2D eigenvalue weighted by atomic mass is 9.81. The molecule has 1 aliphatic heterocycles. The zero-order valence-electron chi connectivity index (χ0n) is 17.6. The summed E-state index contributed by atoms with van der Waals surface area (Å²) in [4.78, 5) is 43.3. The molecule has 2 fully saturated rings. The second-order valence-electron chi connectivity index (χ2n) is 8.32. The largest absolute Gasteiger partial charge is 0.487 e. The highest BCUT2D eigenvalue weighted by Crippen LogP contribution is 2.37. The second kappa shape index (κ2) is 8.45. The number of amides is 3. The SMILES string of the molecule is O=C(CN1C(=O)C2CCCCC2C1=O)Nc1cccc(OCc2cn3ccccc3n2)c1. The van der Waals surface area contributed by atoms with Crippen molar-refractivity contribution in [3.63, 3.8) is 0 Å². The molecule has 3 heterocycles. The van der Waals surface area contributed by atoms with E-state index in [1.165, 1.54) is 0 Å². The van der Waals surface area contributed by atoms with E-state index in [0.29, 0.717) is 18.0 Å². The average molecular weight is 432 g/mol. The Morgan fingerprint density at radius 1 is 1.06 bits per heavy atom. The molecule has 32 heavy (non-hydrogen) atoms. The second-order valence-corrected chi connectivity index (χ2v) is 8.32. The lowest BCUT2D eigenvalue weighted by molar-refractivity contribution is -0.142. The zero-order chi connectivity index (χ0) is 22.1. The number of hydrogen-bond donors (Lipinski definition) is 1. The van der Waals surface area contributed by atoms with E-state index in [1.54, 1.807) is 24.3 Å². The topological polar surface area (TPSA) is 93.0 Å². The minimum Gasteiger partial charge on any atom is -0.487 e. The number of ether oxygens (including phenoxy) is 1. The molecule has 164 valence electrons. The first-order chi connectivity index (χ1) is 15.6. The van der Waals surface area contributed by atoms with Gasteiger partial charge >= 0.3 is 0 Å². The number of nitrogens with zero attached hydrogens (tertiary/aromatic N) is 3. The monoisotopic (exact) mass is 432 g/mol. The molecule has 2 aromatic heterocycles. The van der Waals surface area contributed by atoms with Crippen molar-refractivity contribution in [3.05, 3.63) is 60.6 Å². The summed E-state index contributed by atoms with van der Waals surface area (Å²) in [7, 11) is 0. The molecule has 1 N–H and O–H groups in total. The van der Waals surface area contributed by atoms with Crippen LogP contribution in [0.5, 0.6) is 5.75 Å². The van der Waals surface area contributed by atoms with Crippen molar-refractivity contribution in [1.82, 2.24) is 14.3 Å². The smallest absolute Gasteiger partial charge is 0.244 e. The lowest BCUT2D eigenvalue weighted by Crippen LogP contribution is -2.38. The molecule has 1 aliphatic carbocycles. The number of hydrogen-bond acceptors (Lipinski definition) is 5. The molecule has 8 nitrogen and oxygen atoms in total. The van der Waals surface area contributed by atoms with Crippen molar-refractivity contribution >= 4 is 29.1 Å². The lowest BCUT2D eigenvalue weighted by Gasteiger charge is -2.19. The summed E-state index contributed by atoms with van der Waals surface area (Å²) in [6.45, 7) is 0.0373. The molecule has 1 saturated carbocycles. The summed E-state index contributed by atoms with van der Waals surface area (Å²) in [5.41, 5.74) is 2.18. The van der Waals surface area contributed by atoms with Gasteiger partial charge in [-0.3, -0.25) is 19.3 Å². The number of rotatable bonds is 6. The van der Waals surface area contributed by atoms with Gasteiger partial charge in [-0.1, -0.05) is 25.0 Å². The molecule has 0 bridgehead atoms. The molecule has 1 saturated heterocycles. The molecule has 1 aromatic carbocycles. The van der Waals surface area contributed by atoms with Gasteiger partial charge in [0.2, 0.25) is 17.7 Å². The zero-order valence-corrected chi connectivity index (χ0v) is 17.6. The van der Waals surface area contributed by atoms with Gasteiger partial charge in [-0.25, -0.2) is 4.98 Å². The molecule has 8 heteroatoms. The van der Waals surface area contributed by atoms with Gasteiger partial charge in [-0.15, -0.1) is 0 Å². The van der Waals surface area contributed by atoms with Crippen LogP contribution >= 0.6 is 0 Å². The minimum absolute atomic E-state index is 0.209. The van der Waals surface area contributed by atoms with Crippen LogP contribution in [-0.4, -0.2) is 38.6 Å². The van der Waals surface area contributed by atoms with Crippen LogP contribution in [-0.2, 0) is 21.0 Å². The van der Waals surface area contributed by atoms with Gasteiger partial charge in [0, 0.05) is 24.1 Å². The van der Waals surface area contributed by atoms with Crippen LogP contribution in [0.25, 0.3) is 5.65 Å². The number of aromatic nitrogens is 2. The van der Waals surface area contributed by atoms with Crippen LogP contribution < -0.4 is 10.1 Å². The van der Waals surface area contributed by atoms with Gasteiger partial charge in [-0.2, -0.15) is 0 Å². The number of carbonyl (C=O) groups excluding carboxylic acids is 3. The number of benzene rings is 1. The summed E-state index contributed by atoms with van der Waals surface area (Å²) in [6.07, 6.45) is 7.22. The van der Waals surface area contributed by atoms with E-state index in [-0.39, 0.29) is 30.2 Å². The molecular weight excluding hydrogens is 408 g/mol. The fraction of sp³-hybridized carbons (Fsp3) is 0.333. The highest BCUT2D eigenvalue weighted by Gasteiger charge is 2.48. The Morgan fingerprint density at radius 3 is 2.59 bits per heavy atom. The molecular formula is C24H24N4O4. The Bertz CT molecular complexity index is 1130. The standard InChI is InChI=1S/C24H24N4O4/c29-22(14-28-23(30)19-8-1-2-9-20(19)24(28)31)26-16-6-5-7-18(12-16)32-15-17-13-27-11-4-3-10-21(27)25-17/h3-7,10-13,19-20H,1-2,8-9,14-15H2,(H,26,29). The maximum atomic E-state index is 12.6. The van der Waals surface area contributed by atoms with Crippen LogP contribution in [0.3, 0.4) is 0 Å². The third kappa shape index (κ3) is 3.95. The van der Waals surface area contributed by atoms with Gasteiger partial charge < -0.3 is 14.5 Å². The van der Waals surface area contributed by atoms with Crippen LogP contribution in [0.2, 0.25) is 0 Å². The number of fused-ring (bicyclic) bond motifs is 2. The van der Waals surface area contributed by atoms with Crippen LogP contribution in [0.15, 0.2) is 54.9 Å². The highest BCUT2D eigenvalue weighted by atomic mass is 16.5. The number of likely N-dealkylation sites (tertiary alicyclic amines) is 1. The van der Waals surface area contributed by atoms with Gasteiger partial charge in [0.25, 0.3) is 0 Å². The number of nitrogens with one attached hydrogen (secondary N) is 1. The summed E-state index contributed by atoms with van der Waals surface area (Å²) in [5, 5.41) is 2.77. The van der Waals surface area contributed by atoms with Crippen molar-refractivity contribution in [2.45, 2.75) is 32.3 Å². The summed E-state index contributed by atoms with van der Waals surface area (Å²) in [6, 6.07) is 12.8. The highest BCUT2D eigenvalue weighted by molar-refractivity contribution is 6.08. The maximum absolute atomic E-state index is 12.6. The van der Waals surface area contributed by atoms with E-state index < -0.39 is 5.91 Å². The van der Waals surface area contributed by atoms with E-state index in [9.17, 15) is 14.4 Å². The number of imide groups is 1. The van der Waals surface area contributed by atoms with E-state index in [1.807, 2.05) is 35.0 Å². The van der Waals surface area contributed by atoms with Crippen LogP contribution in [0, 0.1) is 11.8 Å². The van der Waals surface area contributed by atoms with Gasteiger partial charge in [0.1, 0.15) is 24.5 Å². The van der Waals surface area contributed by atoms with E-state index in [4.69, 9.17) is 4.74 Å². The fourth-order valence-electron chi connectivity index (χ4n) is 4.61. The fourth-order valence-corrected chi connectivity index (χ4v) is 4.61. The Labute approximate surface area is 185 Å². The first kappa shape index (κ1) is 20.2. The van der Waals surface area contributed by atoms with Crippen molar-refractivity contribution < 1.29 is 19.1 Å². The predicted octanol–water partition coefficient (Wildman–Crippen LogP) is 3.03. The Balaban J connectivity index is 1.19. The number of carbonyl (C=O) groups is 3. The van der Waals surface area contributed by atoms with Crippen molar-refractivity contribution in [2.24, 2.45) is 11.8 Å². The number of imidazole rings is 1. The summed E-state index contributed by atoms with van der Waals surface area (Å²) < 4.78 is 7.75. The first-order valence-electron chi connectivity index (χ1n) is 10.9. The van der Waals surface area contributed by atoms with Crippen LogP contribution in [0.1, 0.15) is 31.4 Å². The Hall–Kier alpha value is -3.68. The molecule has 2 atom stereocenters. The third-order valence-electron chi connectivity index (χ3n) is 6.15. The first-order valence-corrected chi connectivity index (χ1v) is 10.9. The molecule has 2 unspecified atom stereocenters. The third-order valence-corrected chi connectivity index (χ3v) is 6.15. The molecule has 3 amide bonds. The van der Waals surface area contributed by atoms with Gasteiger partial charge in [0.15, 0.2) is 0 Å². The normalized spacial score (nSPS) is 20.4. The van der Waals surface area contributed by atoms with E-state index >= 15 is 0 Å². The average Bonchev–Trinajstić information content (AvgIpc) is 3.33. The van der Waals surface area contributed by atoms with Gasteiger partial charge in [-0.05, 0) is 37.1 Å². The molecule has 0 radical (unpaired) electrons. The maximum Gasteiger partial charge on any atom is 0.244 e. The van der Waals surface area contributed by atoms with Crippen LogP contribution in [0.4, 0.5) is 5.69 Å². The molecule has 0 spiro atoms. The van der Waals surface area contributed by atoms with Crippen molar-refractivity contribution in [2.75, 3.05) is 11.9 Å². The van der Waals surface area contributed by atoms with Crippen molar-refractivity contribution in [3.8, 4) is 5.75 Å².